The van der Waals surface area contributed by atoms with Crippen molar-refractivity contribution in [2.75, 3.05) is 5.75 Å². The topological polar surface area (TPSA) is 54.4 Å². The van der Waals surface area contributed by atoms with Gasteiger partial charge in [0.25, 0.3) is 0 Å². The van der Waals surface area contributed by atoms with E-state index in [-0.39, 0.29) is 12.2 Å². The molecule has 0 aliphatic carbocycles. The summed E-state index contributed by atoms with van der Waals surface area (Å²) < 4.78 is 23.2. The van der Waals surface area contributed by atoms with Gasteiger partial charge in [0, 0.05) is 10.2 Å². The fraction of sp³-hybridized carbons (Fsp3) is 0.500. The van der Waals surface area contributed by atoms with Crippen molar-refractivity contribution in [2.45, 2.75) is 30.6 Å². The molecule has 0 unspecified atom stereocenters. The highest BCUT2D eigenvalue weighted by Gasteiger charge is 2.46. The summed E-state index contributed by atoms with van der Waals surface area (Å²) in [6, 6.07) is 6.80. The number of halogens is 2. The smallest absolute Gasteiger partial charge is 0.175 e. The van der Waals surface area contributed by atoms with Crippen molar-refractivity contribution >= 4 is 37.4 Å². The Hall–Kier alpha value is -0.100. The van der Waals surface area contributed by atoms with Crippen LogP contribution in [0.15, 0.2) is 28.7 Å². The van der Waals surface area contributed by atoms with E-state index in [1.54, 1.807) is 31.2 Å². The first-order chi connectivity index (χ1) is 8.28. The molecule has 6 heteroatoms. The summed E-state index contributed by atoms with van der Waals surface area (Å²) in [6.07, 6.45) is -1.11. The van der Waals surface area contributed by atoms with Gasteiger partial charge in [0.15, 0.2) is 14.0 Å². The summed E-state index contributed by atoms with van der Waals surface area (Å²) >= 11 is 9.47. The van der Waals surface area contributed by atoms with Crippen molar-refractivity contribution in [3.63, 3.8) is 0 Å². The van der Waals surface area contributed by atoms with Crippen molar-refractivity contribution < 1.29 is 13.5 Å². The Labute approximate surface area is 121 Å². The number of alkyl halides is 1. The Morgan fingerprint density at radius 3 is 2.22 bits per heavy atom. The largest absolute Gasteiger partial charge is 0.385 e. The number of aliphatic hydroxyl groups excluding tert-OH is 1. The Morgan fingerprint density at radius 2 is 1.83 bits per heavy atom. The van der Waals surface area contributed by atoms with Gasteiger partial charge in [-0.15, -0.1) is 0 Å². The van der Waals surface area contributed by atoms with Crippen molar-refractivity contribution in [1.29, 1.82) is 0 Å². The predicted molar refractivity (Wildman–Crippen MR) is 77.4 cm³/mol. The van der Waals surface area contributed by atoms with E-state index in [4.69, 9.17) is 11.6 Å². The van der Waals surface area contributed by atoms with Crippen LogP contribution in [0.1, 0.15) is 31.9 Å². The van der Waals surface area contributed by atoms with E-state index in [1.165, 1.54) is 6.92 Å². The molecule has 1 aromatic carbocycles. The summed E-state index contributed by atoms with van der Waals surface area (Å²) in [4.78, 5) is 0. The third-order valence-electron chi connectivity index (χ3n) is 2.97. The van der Waals surface area contributed by atoms with Gasteiger partial charge < -0.3 is 5.11 Å². The molecular weight excluding hydrogens is 340 g/mol. The molecule has 0 aliphatic heterocycles. The maximum absolute atomic E-state index is 12.0. The number of rotatable bonds is 5. The number of benzene rings is 1. The van der Waals surface area contributed by atoms with Crippen molar-refractivity contribution in [1.82, 2.24) is 0 Å². The van der Waals surface area contributed by atoms with Gasteiger partial charge in [-0.3, -0.25) is 0 Å². The Bertz CT molecular complexity index is 501. The van der Waals surface area contributed by atoms with E-state index < -0.39 is 20.1 Å². The van der Waals surface area contributed by atoms with Gasteiger partial charge in [0.1, 0.15) is 6.10 Å². The molecule has 0 fully saturated rings. The van der Waals surface area contributed by atoms with Crippen LogP contribution >= 0.6 is 27.5 Å². The van der Waals surface area contributed by atoms with Gasteiger partial charge >= 0.3 is 0 Å². The molecule has 1 rings (SSSR count). The molecule has 0 bridgehead atoms. The molecule has 0 radical (unpaired) electrons. The van der Waals surface area contributed by atoms with Crippen LogP contribution in [0.3, 0.4) is 0 Å². The molecule has 0 aromatic heterocycles. The molecule has 1 N–H and O–H groups in total. The first-order valence-electron chi connectivity index (χ1n) is 5.63. The van der Waals surface area contributed by atoms with Crippen molar-refractivity contribution in [3.8, 4) is 0 Å². The Morgan fingerprint density at radius 1 is 1.33 bits per heavy atom. The zero-order valence-electron chi connectivity index (χ0n) is 10.2. The van der Waals surface area contributed by atoms with Crippen LogP contribution in [-0.2, 0) is 9.84 Å². The molecular formula is C12H16BrClO3S. The second-order valence-electron chi connectivity index (χ2n) is 4.00. The lowest BCUT2D eigenvalue weighted by Crippen LogP contribution is -2.39. The van der Waals surface area contributed by atoms with Crippen LogP contribution in [0.4, 0.5) is 0 Å². The average molecular weight is 356 g/mol. The lowest BCUT2D eigenvalue weighted by atomic mass is 10.0. The molecule has 18 heavy (non-hydrogen) atoms. The van der Waals surface area contributed by atoms with E-state index in [1.807, 2.05) is 0 Å². The molecule has 0 aliphatic rings. The minimum atomic E-state index is -3.56. The maximum Gasteiger partial charge on any atom is 0.175 e. The normalized spacial score (nSPS) is 17.2. The minimum Gasteiger partial charge on any atom is -0.385 e. The van der Waals surface area contributed by atoms with E-state index in [0.717, 1.165) is 4.47 Å². The van der Waals surface area contributed by atoms with E-state index in [0.29, 0.717) is 5.56 Å². The minimum absolute atomic E-state index is 0.0993. The lowest BCUT2D eigenvalue weighted by molar-refractivity contribution is 0.154. The molecule has 0 saturated heterocycles. The van der Waals surface area contributed by atoms with E-state index >= 15 is 0 Å². The van der Waals surface area contributed by atoms with Gasteiger partial charge in [-0.1, -0.05) is 53.5 Å². The van der Waals surface area contributed by atoms with Gasteiger partial charge in [-0.25, -0.2) is 8.42 Å². The van der Waals surface area contributed by atoms with Gasteiger partial charge in [0.05, 0.1) is 0 Å². The van der Waals surface area contributed by atoms with E-state index in [2.05, 4.69) is 15.9 Å². The van der Waals surface area contributed by atoms with Crippen LogP contribution in [0.5, 0.6) is 0 Å². The summed E-state index contributed by atoms with van der Waals surface area (Å²) in [7, 11) is -3.56. The quantitative estimate of drug-likeness (QED) is 0.825. The predicted octanol–water partition coefficient (Wildman–Crippen LogP) is 3.26. The molecule has 0 saturated carbocycles. The zero-order chi connectivity index (χ0) is 14.0. The first-order valence-corrected chi connectivity index (χ1v) is 8.45. The number of aliphatic hydroxyl groups is 1. The van der Waals surface area contributed by atoms with Crippen LogP contribution in [0.25, 0.3) is 0 Å². The summed E-state index contributed by atoms with van der Waals surface area (Å²) in [6.45, 7) is 3.18. The summed E-state index contributed by atoms with van der Waals surface area (Å²) in [5.74, 6) is -0.0993. The highest BCUT2D eigenvalue weighted by Crippen LogP contribution is 2.40. The monoisotopic (exact) mass is 354 g/mol. The molecule has 2 atom stereocenters. The maximum atomic E-state index is 12.0. The summed E-state index contributed by atoms with van der Waals surface area (Å²) in [5, 5.41) is 10.3. The highest BCUT2D eigenvalue weighted by atomic mass is 79.9. The Balaban J connectivity index is 3.21. The molecule has 0 amide bonds. The van der Waals surface area contributed by atoms with Crippen molar-refractivity contribution in [3.05, 3.63) is 34.3 Å². The zero-order valence-corrected chi connectivity index (χ0v) is 13.4. The highest BCUT2D eigenvalue weighted by molar-refractivity contribution is 9.10. The van der Waals surface area contributed by atoms with Gasteiger partial charge in [-0.2, -0.15) is 0 Å². The molecule has 0 spiro atoms. The van der Waals surface area contributed by atoms with Crippen molar-refractivity contribution in [2.24, 2.45) is 0 Å². The number of hydrogen-bond donors (Lipinski definition) is 1. The molecule has 1 aromatic rings. The summed E-state index contributed by atoms with van der Waals surface area (Å²) in [5.41, 5.74) is 0.493. The standard InChI is InChI=1S/C12H16BrClO3S/c1-3-12(14,18(16,17)4-2)11(15)9-5-7-10(13)8-6-9/h5-8,11,15H,3-4H2,1-2H3/t11-,12-/m1/s1. The average Bonchev–Trinajstić information content (AvgIpc) is 2.37. The number of hydrogen-bond acceptors (Lipinski definition) is 3. The Kier molecular flexibility index (Phi) is 5.23. The molecule has 3 nitrogen and oxygen atoms in total. The van der Waals surface area contributed by atoms with Crippen LogP contribution in [0.2, 0.25) is 0 Å². The fourth-order valence-corrected chi connectivity index (χ4v) is 3.83. The lowest BCUT2D eigenvalue weighted by Gasteiger charge is -2.30. The number of sulfone groups is 1. The SMILES string of the molecule is CC[C@](Cl)([C@H](O)c1ccc(Br)cc1)S(=O)(=O)CC. The van der Waals surface area contributed by atoms with Gasteiger partial charge in [-0.05, 0) is 24.1 Å². The van der Waals surface area contributed by atoms with Crippen LogP contribution < -0.4 is 0 Å². The fourth-order valence-electron chi connectivity index (χ4n) is 1.72. The van der Waals surface area contributed by atoms with Crippen LogP contribution in [-0.4, -0.2) is 23.5 Å². The third kappa shape index (κ3) is 2.90. The molecule has 0 heterocycles. The molecule has 102 valence electrons. The van der Waals surface area contributed by atoms with Crippen LogP contribution in [0, 0.1) is 0 Å². The second-order valence-corrected chi connectivity index (χ2v) is 8.35. The first kappa shape index (κ1) is 16.0. The van der Waals surface area contributed by atoms with E-state index in [9.17, 15) is 13.5 Å². The third-order valence-corrected chi connectivity index (χ3v) is 6.99. The van der Waals surface area contributed by atoms with Gasteiger partial charge in [0.2, 0.25) is 0 Å². The second kappa shape index (κ2) is 5.90.